The van der Waals surface area contributed by atoms with E-state index in [4.69, 9.17) is 0 Å². The maximum absolute atomic E-state index is 13.2. The first-order valence-electron chi connectivity index (χ1n) is 10.2. The Balaban J connectivity index is 1.42. The van der Waals surface area contributed by atoms with Crippen LogP contribution in [-0.4, -0.2) is 65.8 Å². The fraction of sp³-hybridized carbons (Fsp3) is 0.789. The van der Waals surface area contributed by atoms with Crippen LogP contribution in [0.4, 0.5) is 19.1 Å². The molecule has 11 heteroatoms. The van der Waals surface area contributed by atoms with E-state index < -0.39 is 33.3 Å². The molecular weight excluding hydrogens is 421 g/mol. The van der Waals surface area contributed by atoms with E-state index in [2.05, 4.69) is 23.8 Å². The van der Waals surface area contributed by atoms with Crippen molar-refractivity contribution in [3.05, 3.63) is 18.0 Å². The molecule has 2 heterocycles. The Bertz CT molecular complexity index is 899. The van der Waals surface area contributed by atoms with Gasteiger partial charge in [-0.3, -0.25) is 0 Å². The molecule has 2 aliphatic carbocycles. The smallest absolute Gasteiger partial charge is 0.392 e. The maximum Gasteiger partial charge on any atom is 0.419 e. The second kappa shape index (κ2) is 7.03. The Morgan fingerprint density at radius 1 is 1.17 bits per heavy atom. The molecule has 1 aliphatic heterocycles. The highest BCUT2D eigenvalue weighted by atomic mass is 32.2. The van der Waals surface area contributed by atoms with Crippen LogP contribution in [0.3, 0.4) is 0 Å². The summed E-state index contributed by atoms with van der Waals surface area (Å²) in [5.41, 5.74) is -1.76. The molecule has 168 valence electrons. The minimum absolute atomic E-state index is 0.0680. The Labute approximate surface area is 174 Å². The van der Waals surface area contributed by atoms with E-state index in [9.17, 15) is 26.7 Å². The molecule has 1 unspecified atom stereocenters. The number of nitrogens with zero attached hydrogens (tertiary/aromatic N) is 4. The molecule has 1 N–H and O–H groups in total. The molecule has 0 amide bonds. The molecule has 1 aromatic rings. The molecule has 2 saturated carbocycles. The summed E-state index contributed by atoms with van der Waals surface area (Å²) < 4.78 is 65.8. The number of sulfonamides is 1. The van der Waals surface area contributed by atoms with Crippen LogP contribution in [0.1, 0.15) is 38.7 Å². The van der Waals surface area contributed by atoms with Gasteiger partial charge in [0.05, 0.1) is 17.4 Å². The summed E-state index contributed by atoms with van der Waals surface area (Å²) in [6.07, 6.45) is -1.31. The van der Waals surface area contributed by atoms with Gasteiger partial charge in [0.15, 0.2) is 0 Å². The third-order valence-electron chi connectivity index (χ3n) is 7.71. The van der Waals surface area contributed by atoms with Gasteiger partial charge in [-0.1, -0.05) is 13.8 Å². The van der Waals surface area contributed by atoms with E-state index in [1.54, 1.807) is 4.90 Å². The van der Waals surface area contributed by atoms with Crippen LogP contribution in [-0.2, 0) is 16.2 Å². The lowest BCUT2D eigenvalue weighted by molar-refractivity contribution is -0.138. The van der Waals surface area contributed by atoms with Crippen LogP contribution in [0.5, 0.6) is 0 Å². The Kier molecular flexibility index (Phi) is 5.10. The van der Waals surface area contributed by atoms with E-state index in [0.717, 1.165) is 18.8 Å². The average molecular weight is 449 g/mol. The molecule has 4 rings (SSSR count). The Morgan fingerprint density at radius 2 is 1.77 bits per heavy atom. The SMILES string of the molecule is CC1(C)[C@@H]2CC[C@@]1(CS(=O)(=O)N1CCN(c3ncc(C(F)(F)F)cn3)CC1)C(O)C2. The molecule has 7 nitrogen and oxygen atoms in total. The van der Waals surface area contributed by atoms with Gasteiger partial charge in [0, 0.05) is 44.0 Å². The average Bonchev–Trinajstić information content (AvgIpc) is 3.01. The number of aliphatic hydroxyl groups is 1. The highest BCUT2D eigenvalue weighted by Gasteiger charge is 2.65. The maximum atomic E-state index is 13.2. The van der Waals surface area contributed by atoms with E-state index in [-0.39, 0.29) is 30.2 Å². The zero-order chi connectivity index (χ0) is 21.9. The summed E-state index contributed by atoms with van der Waals surface area (Å²) in [4.78, 5) is 9.27. The summed E-state index contributed by atoms with van der Waals surface area (Å²) in [6, 6.07) is 0. The van der Waals surface area contributed by atoms with Gasteiger partial charge >= 0.3 is 6.18 Å². The van der Waals surface area contributed by atoms with Gasteiger partial charge in [0.25, 0.3) is 0 Å². The van der Waals surface area contributed by atoms with Gasteiger partial charge in [0.1, 0.15) is 0 Å². The third-order valence-corrected chi connectivity index (χ3v) is 9.74. The molecule has 30 heavy (non-hydrogen) atoms. The predicted octanol–water partition coefficient (Wildman–Crippen LogP) is 2.13. The second-order valence-electron chi connectivity index (χ2n) is 9.28. The number of hydrogen-bond donors (Lipinski definition) is 1. The summed E-state index contributed by atoms with van der Waals surface area (Å²) in [5.74, 6) is 0.433. The number of aliphatic hydroxyl groups excluding tert-OH is 1. The molecule has 1 saturated heterocycles. The number of piperazine rings is 1. The minimum Gasteiger partial charge on any atom is -0.392 e. The van der Waals surface area contributed by atoms with Gasteiger partial charge in [-0.25, -0.2) is 18.4 Å². The number of alkyl halides is 3. The van der Waals surface area contributed by atoms with Crippen LogP contribution in [0.25, 0.3) is 0 Å². The first kappa shape index (κ1) is 21.8. The van der Waals surface area contributed by atoms with E-state index >= 15 is 0 Å². The third kappa shape index (κ3) is 3.38. The lowest BCUT2D eigenvalue weighted by Crippen LogP contribution is -2.53. The number of rotatable bonds is 4. The summed E-state index contributed by atoms with van der Waals surface area (Å²) in [6.45, 7) is 5.15. The molecular formula is C19H27F3N4O3S. The number of anilines is 1. The van der Waals surface area contributed by atoms with Crippen molar-refractivity contribution in [1.29, 1.82) is 0 Å². The first-order valence-corrected chi connectivity index (χ1v) is 11.8. The molecule has 0 radical (unpaired) electrons. The van der Waals surface area contributed by atoms with Crippen LogP contribution < -0.4 is 4.90 Å². The molecule has 3 atom stereocenters. The number of hydrogen-bond acceptors (Lipinski definition) is 6. The van der Waals surface area contributed by atoms with Crippen molar-refractivity contribution in [3.63, 3.8) is 0 Å². The predicted molar refractivity (Wildman–Crippen MR) is 104 cm³/mol. The standard InChI is InChI=1S/C19H27F3N4O3S/c1-17(2)13-3-4-18(17,15(27)9-13)12-30(28,29)26-7-5-25(6-8-26)16-23-10-14(11-24-16)19(20,21)22/h10-11,13,15,27H,3-9,12H2,1-2H3/t13-,15?,18-/m1/s1. The number of aromatic nitrogens is 2. The van der Waals surface area contributed by atoms with Crippen molar-refractivity contribution in [3.8, 4) is 0 Å². The van der Waals surface area contributed by atoms with Crippen LogP contribution >= 0.6 is 0 Å². The molecule has 3 fully saturated rings. The summed E-state index contributed by atoms with van der Waals surface area (Å²) in [5, 5.41) is 10.6. The van der Waals surface area contributed by atoms with E-state index in [0.29, 0.717) is 31.8 Å². The monoisotopic (exact) mass is 448 g/mol. The fourth-order valence-electron chi connectivity index (χ4n) is 5.59. The molecule has 0 aromatic carbocycles. The molecule has 1 aromatic heterocycles. The number of fused-ring (bicyclic) bond motifs is 2. The van der Waals surface area contributed by atoms with Crippen LogP contribution in [0, 0.1) is 16.7 Å². The van der Waals surface area contributed by atoms with Crippen molar-refractivity contribution in [1.82, 2.24) is 14.3 Å². The molecule has 3 aliphatic rings. The fourth-order valence-corrected chi connectivity index (χ4v) is 7.86. The molecule has 2 bridgehead atoms. The topological polar surface area (TPSA) is 86.6 Å². The van der Waals surface area contributed by atoms with Crippen molar-refractivity contribution in [2.75, 3.05) is 36.8 Å². The second-order valence-corrected chi connectivity index (χ2v) is 11.2. The van der Waals surface area contributed by atoms with Crippen LogP contribution in [0.2, 0.25) is 0 Å². The summed E-state index contributed by atoms with van der Waals surface area (Å²) >= 11 is 0. The zero-order valence-electron chi connectivity index (χ0n) is 17.1. The lowest BCUT2D eigenvalue weighted by atomic mass is 9.70. The zero-order valence-corrected chi connectivity index (χ0v) is 17.9. The van der Waals surface area contributed by atoms with E-state index in [1.165, 1.54) is 4.31 Å². The van der Waals surface area contributed by atoms with Crippen LogP contribution in [0.15, 0.2) is 12.4 Å². The molecule has 0 spiro atoms. The van der Waals surface area contributed by atoms with Crippen molar-refractivity contribution in [2.45, 2.75) is 45.4 Å². The Morgan fingerprint density at radius 3 is 2.23 bits per heavy atom. The van der Waals surface area contributed by atoms with Gasteiger partial charge < -0.3 is 10.0 Å². The summed E-state index contributed by atoms with van der Waals surface area (Å²) in [7, 11) is -3.59. The van der Waals surface area contributed by atoms with E-state index in [1.807, 2.05) is 0 Å². The number of halogens is 3. The lowest BCUT2D eigenvalue weighted by Gasteiger charge is -2.42. The van der Waals surface area contributed by atoms with Gasteiger partial charge in [-0.05, 0) is 30.6 Å². The minimum atomic E-state index is -4.50. The highest BCUT2D eigenvalue weighted by molar-refractivity contribution is 7.89. The van der Waals surface area contributed by atoms with Crippen molar-refractivity contribution >= 4 is 16.0 Å². The Hall–Kier alpha value is -1.46. The van der Waals surface area contributed by atoms with Crippen molar-refractivity contribution in [2.24, 2.45) is 16.7 Å². The van der Waals surface area contributed by atoms with Gasteiger partial charge in [0.2, 0.25) is 16.0 Å². The highest BCUT2D eigenvalue weighted by Crippen LogP contribution is 2.66. The largest absolute Gasteiger partial charge is 0.419 e. The van der Waals surface area contributed by atoms with Gasteiger partial charge in [-0.2, -0.15) is 17.5 Å². The quantitative estimate of drug-likeness (QED) is 0.760. The first-order chi connectivity index (χ1) is 13.9. The van der Waals surface area contributed by atoms with Crippen molar-refractivity contribution < 1.29 is 26.7 Å². The normalized spacial score (nSPS) is 32.0. The van der Waals surface area contributed by atoms with Gasteiger partial charge in [-0.15, -0.1) is 0 Å².